The maximum absolute atomic E-state index is 10.8. The second-order valence-electron chi connectivity index (χ2n) is 3.46. The number of nitrogens with zero attached hydrogens (tertiary/aromatic N) is 1. The summed E-state index contributed by atoms with van der Waals surface area (Å²) in [5.41, 5.74) is 6.36. The van der Waals surface area contributed by atoms with Gasteiger partial charge in [0, 0.05) is 24.6 Å². The summed E-state index contributed by atoms with van der Waals surface area (Å²) in [4.78, 5) is 10.3. The minimum Gasteiger partial charge on any atom is -0.394 e. The summed E-state index contributed by atoms with van der Waals surface area (Å²) < 4.78 is 0. The van der Waals surface area contributed by atoms with Crippen molar-refractivity contribution in [2.45, 2.75) is 19.1 Å². The highest BCUT2D eigenvalue weighted by Gasteiger charge is 2.16. The Balaban J connectivity index is 3.03. The fourth-order valence-corrected chi connectivity index (χ4v) is 1.40. The highest BCUT2D eigenvalue weighted by Crippen LogP contribution is 2.21. The minimum atomic E-state index is -0.984. The third-order valence-electron chi connectivity index (χ3n) is 2.25. The first-order valence-corrected chi connectivity index (χ1v) is 4.83. The van der Waals surface area contributed by atoms with E-state index in [4.69, 9.17) is 10.8 Å². The van der Waals surface area contributed by atoms with Crippen LogP contribution in [0.25, 0.3) is 0 Å². The lowest BCUT2D eigenvalue weighted by Crippen LogP contribution is -2.16. The quantitative estimate of drug-likeness (QED) is 0.481. The third kappa shape index (κ3) is 2.99. The molecule has 0 spiro atoms. The lowest BCUT2D eigenvalue weighted by atomic mass is 10.0. The van der Waals surface area contributed by atoms with Crippen LogP contribution in [0.5, 0.6) is 0 Å². The molecule has 0 bridgehead atoms. The Kier molecular flexibility index (Phi) is 4.36. The first-order valence-electron chi connectivity index (χ1n) is 4.83. The van der Waals surface area contributed by atoms with Crippen LogP contribution in [0.3, 0.4) is 0 Å². The first kappa shape index (κ1) is 12.6. The molecule has 16 heavy (non-hydrogen) atoms. The Bertz CT molecular complexity index is 381. The van der Waals surface area contributed by atoms with Gasteiger partial charge in [0.15, 0.2) is 0 Å². The molecule has 0 radical (unpaired) electrons. The summed E-state index contributed by atoms with van der Waals surface area (Å²) in [5.74, 6) is 0. The van der Waals surface area contributed by atoms with Crippen molar-refractivity contribution in [3.63, 3.8) is 0 Å². The van der Waals surface area contributed by atoms with E-state index in [1.165, 1.54) is 6.07 Å². The predicted octanol–water partition coefficient (Wildman–Crippen LogP) is -0.0508. The zero-order chi connectivity index (χ0) is 12.1. The average molecular weight is 226 g/mol. The van der Waals surface area contributed by atoms with Gasteiger partial charge >= 0.3 is 0 Å². The number of nitrogens with two attached hydrogens (primary N) is 1. The third-order valence-corrected chi connectivity index (χ3v) is 2.25. The maximum Gasteiger partial charge on any atom is 0.273 e. The zero-order valence-electron chi connectivity index (χ0n) is 8.67. The van der Waals surface area contributed by atoms with Crippen LogP contribution in [0.2, 0.25) is 0 Å². The normalized spacial score (nSPS) is 12.4. The molecular formula is C10H14N2O4. The van der Waals surface area contributed by atoms with Gasteiger partial charge in [0.2, 0.25) is 0 Å². The molecule has 6 nitrogen and oxygen atoms in total. The molecule has 6 heteroatoms. The van der Waals surface area contributed by atoms with Gasteiger partial charge in [-0.2, -0.15) is 0 Å². The molecule has 0 aliphatic heterocycles. The van der Waals surface area contributed by atoms with Crippen LogP contribution in [-0.2, 0) is 13.0 Å². The van der Waals surface area contributed by atoms with E-state index in [9.17, 15) is 15.2 Å². The van der Waals surface area contributed by atoms with Gasteiger partial charge in [-0.25, -0.2) is 0 Å². The van der Waals surface area contributed by atoms with E-state index in [1.807, 2.05) is 0 Å². The van der Waals surface area contributed by atoms with Crippen molar-refractivity contribution in [2.24, 2.45) is 5.73 Å². The van der Waals surface area contributed by atoms with E-state index in [0.717, 1.165) is 0 Å². The molecule has 1 rings (SSSR count). The molecule has 0 aliphatic rings. The molecule has 88 valence electrons. The molecule has 0 saturated heterocycles. The summed E-state index contributed by atoms with van der Waals surface area (Å²) in [7, 11) is 0. The van der Waals surface area contributed by atoms with Crippen LogP contribution >= 0.6 is 0 Å². The van der Waals surface area contributed by atoms with Crippen molar-refractivity contribution in [1.82, 2.24) is 0 Å². The van der Waals surface area contributed by atoms with E-state index < -0.39 is 17.6 Å². The topological polar surface area (TPSA) is 110 Å². The molecule has 1 aromatic rings. The van der Waals surface area contributed by atoms with Gasteiger partial charge < -0.3 is 15.9 Å². The number of nitro benzene ring substituents is 1. The molecule has 1 atom stereocenters. The summed E-state index contributed by atoms with van der Waals surface area (Å²) in [6.45, 7) is -0.195. The van der Waals surface area contributed by atoms with Crippen LogP contribution in [-0.4, -0.2) is 27.8 Å². The Hall–Kier alpha value is -1.50. The van der Waals surface area contributed by atoms with Crippen LogP contribution in [0.1, 0.15) is 11.1 Å². The lowest BCUT2D eigenvalue weighted by molar-refractivity contribution is -0.385. The van der Waals surface area contributed by atoms with Crippen molar-refractivity contribution >= 4 is 5.69 Å². The number of hydrogen-bond donors (Lipinski definition) is 3. The van der Waals surface area contributed by atoms with E-state index in [0.29, 0.717) is 11.1 Å². The first-order chi connectivity index (χ1) is 7.58. The molecule has 0 aliphatic carbocycles. The van der Waals surface area contributed by atoms with E-state index >= 15 is 0 Å². The Labute approximate surface area is 92.5 Å². The molecule has 0 aromatic heterocycles. The summed E-state index contributed by atoms with van der Waals surface area (Å²) in [6, 6.07) is 4.62. The van der Waals surface area contributed by atoms with Crippen LogP contribution in [0, 0.1) is 10.1 Å². The molecular weight excluding hydrogens is 212 g/mol. The number of rotatable bonds is 5. The second-order valence-corrected chi connectivity index (χ2v) is 3.46. The molecule has 4 N–H and O–H groups in total. The highest BCUT2D eigenvalue weighted by molar-refractivity contribution is 5.43. The number of benzene rings is 1. The molecule has 0 saturated carbocycles. The van der Waals surface area contributed by atoms with Crippen molar-refractivity contribution in [1.29, 1.82) is 0 Å². The van der Waals surface area contributed by atoms with E-state index in [2.05, 4.69) is 0 Å². The number of aliphatic hydroxyl groups excluding tert-OH is 2. The van der Waals surface area contributed by atoms with Crippen molar-refractivity contribution in [3.8, 4) is 0 Å². The van der Waals surface area contributed by atoms with Crippen molar-refractivity contribution < 1.29 is 15.1 Å². The zero-order valence-corrected chi connectivity index (χ0v) is 8.67. The van der Waals surface area contributed by atoms with Crippen LogP contribution < -0.4 is 5.73 Å². The van der Waals surface area contributed by atoms with Crippen LogP contribution in [0.4, 0.5) is 5.69 Å². The minimum absolute atomic E-state index is 0.0532. The summed E-state index contributed by atoms with van der Waals surface area (Å²) in [6.07, 6.45) is -0.931. The fraction of sp³-hybridized carbons (Fsp3) is 0.400. The van der Waals surface area contributed by atoms with Gasteiger partial charge in [-0.3, -0.25) is 10.1 Å². The fourth-order valence-electron chi connectivity index (χ4n) is 1.40. The summed E-state index contributed by atoms with van der Waals surface area (Å²) in [5, 5.41) is 28.7. The standard InChI is InChI=1S/C10H14N2O4/c11-5-7-1-2-8(4-9(14)6-13)10(3-7)12(15)16/h1-3,9,13-14H,4-6,11H2. The van der Waals surface area contributed by atoms with Gasteiger partial charge in [0.05, 0.1) is 17.6 Å². The molecule has 0 heterocycles. The maximum atomic E-state index is 10.8. The lowest BCUT2D eigenvalue weighted by Gasteiger charge is -2.08. The number of hydrogen-bond acceptors (Lipinski definition) is 5. The number of nitro groups is 1. The molecule has 0 fully saturated rings. The van der Waals surface area contributed by atoms with Crippen molar-refractivity contribution in [3.05, 3.63) is 39.4 Å². The average Bonchev–Trinajstić information content (AvgIpc) is 2.29. The molecule has 1 unspecified atom stereocenters. The second kappa shape index (κ2) is 5.55. The van der Waals surface area contributed by atoms with Crippen LogP contribution in [0.15, 0.2) is 18.2 Å². The highest BCUT2D eigenvalue weighted by atomic mass is 16.6. The van der Waals surface area contributed by atoms with Gasteiger partial charge in [0.25, 0.3) is 5.69 Å². The smallest absolute Gasteiger partial charge is 0.273 e. The molecule has 1 aromatic carbocycles. The van der Waals surface area contributed by atoms with Gasteiger partial charge in [-0.15, -0.1) is 0 Å². The Morgan fingerprint density at radius 1 is 1.50 bits per heavy atom. The van der Waals surface area contributed by atoms with Crippen molar-refractivity contribution in [2.75, 3.05) is 6.61 Å². The predicted molar refractivity (Wildman–Crippen MR) is 57.8 cm³/mol. The van der Waals surface area contributed by atoms with E-state index in [1.54, 1.807) is 12.1 Å². The van der Waals surface area contributed by atoms with Gasteiger partial charge in [-0.1, -0.05) is 12.1 Å². The largest absolute Gasteiger partial charge is 0.394 e. The Morgan fingerprint density at radius 2 is 2.19 bits per heavy atom. The van der Waals surface area contributed by atoms with Gasteiger partial charge in [0.1, 0.15) is 0 Å². The summed E-state index contributed by atoms with van der Waals surface area (Å²) >= 11 is 0. The van der Waals surface area contributed by atoms with Gasteiger partial charge in [-0.05, 0) is 5.56 Å². The number of aliphatic hydroxyl groups is 2. The monoisotopic (exact) mass is 226 g/mol. The van der Waals surface area contributed by atoms with E-state index in [-0.39, 0.29) is 18.7 Å². The molecule has 0 amide bonds. The SMILES string of the molecule is NCc1ccc(CC(O)CO)c([N+](=O)[O-])c1. The Morgan fingerprint density at radius 3 is 2.69 bits per heavy atom.